The first-order valence-electron chi connectivity index (χ1n) is 5.96. The summed E-state index contributed by atoms with van der Waals surface area (Å²) >= 11 is 5.94. The molecule has 0 aliphatic rings. The number of anilines is 1. The van der Waals surface area contributed by atoms with Crippen molar-refractivity contribution >= 4 is 28.5 Å². The Bertz CT molecular complexity index is 731. The molecule has 0 unspecified atom stereocenters. The van der Waals surface area contributed by atoms with Crippen molar-refractivity contribution in [3.05, 3.63) is 52.9 Å². The van der Waals surface area contributed by atoms with Gasteiger partial charge in [0.2, 0.25) is 0 Å². The van der Waals surface area contributed by atoms with Gasteiger partial charge < -0.3 is 10.3 Å². The highest BCUT2D eigenvalue weighted by atomic mass is 35.5. The molecule has 2 heterocycles. The predicted molar refractivity (Wildman–Crippen MR) is 77.2 cm³/mol. The van der Waals surface area contributed by atoms with Gasteiger partial charge in [-0.1, -0.05) is 41.4 Å². The molecule has 2 aromatic heterocycles. The standard InChI is InChI=1S/C14H13ClN4/c1-9-2-4-10(5-3-9)7-19-8-17-13-11(16)6-12(15)18-14(13)19/h2-6,8H,7H2,1H3,(H2,16,18). The van der Waals surface area contributed by atoms with Crippen LogP contribution in [0.15, 0.2) is 36.7 Å². The van der Waals surface area contributed by atoms with Crippen LogP contribution in [0.2, 0.25) is 5.15 Å². The van der Waals surface area contributed by atoms with Gasteiger partial charge in [0.15, 0.2) is 5.65 Å². The number of halogens is 1. The highest BCUT2D eigenvalue weighted by molar-refractivity contribution is 6.30. The van der Waals surface area contributed by atoms with Gasteiger partial charge in [0, 0.05) is 6.07 Å². The Kier molecular flexibility index (Phi) is 2.87. The third-order valence-electron chi connectivity index (χ3n) is 3.04. The summed E-state index contributed by atoms with van der Waals surface area (Å²) in [5.41, 5.74) is 10.3. The van der Waals surface area contributed by atoms with E-state index in [0.29, 0.717) is 28.5 Å². The zero-order valence-corrected chi connectivity index (χ0v) is 11.2. The van der Waals surface area contributed by atoms with Crippen LogP contribution < -0.4 is 5.73 Å². The van der Waals surface area contributed by atoms with E-state index in [1.165, 1.54) is 11.1 Å². The maximum Gasteiger partial charge on any atom is 0.163 e. The molecular formula is C14H13ClN4. The molecule has 0 spiro atoms. The van der Waals surface area contributed by atoms with E-state index in [4.69, 9.17) is 17.3 Å². The van der Waals surface area contributed by atoms with Crippen molar-refractivity contribution in [1.82, 2.24) is 14.5 Å². The second-order valence-corrected chi connectivity index (χ2v) is 4.95. The minimum atomic E-state index is 0.385. The minimum absolute atomic E-state index is 0.385. The number of aryl methyl sites for hydroxylation is 1. The highest BCUT2D eigenvalue weighted by Crippen LogP contribution is 2.22. The van der Waals surface area contributed by atoms with E-state index in [0.717, 1.165) is 0 Å². The lowest BCUT2D eigenvalue weighted by Crippen LogP contribution is -2.00. The number of pyridine rings is 1. The Morgan fingerprint density at radius 1 is 1.26 bits per heavy atom. The van der Waals surface area contributed by atoms with E-state index >= 15 is 0 Å². The number of hydrogen-bond donors (Lipinski definition) is 1. The molecule has 0 radical (unpaired) electrons. The Hall–Kier alpha value is -2.07. The van der Waals surface area contributed by atoms with E-state index in [1.807, 2.05) is 4.57 Å². The normalized spacial score (nSPS) is 11.1. The summed E-state index contributed by atoms with van der Waals surface area (Å²) in [6, 6.07) is 9.98. The minimum Gasteiger partial charge on any atom is -0.397 e. The van der Waals surface area contributed by atoms with Gasteiger partial charge >= 0.3 is 0 Å². The molecule has 0 saturated heterocycles. The molecule has 3 rings (SSSR count). The second kappa shape index (κ2) is 4.55. The summed E-state index contributed by atoms with van der Waals surface area (Å²) in [6.07, 6.45) is 1.74. The molecule has 0 saturated carbocycles. The number of imidazole rings is 1. The molecule has 4 nitrogen and oxygen atoms in total. The highest BCUT2D eigenvalue weighted by Gasteiger charge is 2.09. The van der Waals surface area contributed by atoms with Gasteiger partial charge in [0.25, 0.3) is 0 Å². The maximum atomic E-state index is 5.94. The average molecular weight is 273 g/mol. The Labute approximate surface area is 115 Å². The molecule has 0 bridgehead atoms. The lowest BCUT2D eigenvalue weighted by atomic mass is 10.1. The van der Waals surface area contributed by atoms with Crippen molar-refractivity contribution in [2.45, 2.75) is 13.5 Å². The van der Waals surface area contributed by atoms with Crippen molar-refractivity contribution in [3.63, 3.8) is 0 Å². The third-order valence-corrected chi connectivity index (χ3v) is 3.24. The SMILES string of the molecule is Cc1ccc(Cn2cnc3c(N)cc(Cl)nc32)cc1. The third kappa shape index (κ3) is 2.27. The predicted octanol–water partition coefficient (Wildman–Crippen LogP) is 3.02. The van der Waals surface area contributed by atoms with Gasteiger partial charge in [-0.3, -0.25) is 0 Å². The number of benzene rings is 1. The number of nitrogen functional groups attached to an aromatic ring is 1. The lowest BCUT2D eigenvalue weighted by Gasteiger charge is -2.05. The Balaban J connectivity index is 2.03. The van der Waals surface area contributed by atoms with Crippen LogP contribution in [0, 0.1) is 6.92 Å². The summed E-state index contributed by atoms with van der Waals surface area (Å²) in [6.45, 7) is 2.77. The van der Waals surface area contributed by atoms with Crippen LogP contribution in [-0.2, 0) is 6.54 Å². The van der Waals surface area contributed by atoms with Crippen molar-refractivity contribution in [2.24, 2.45) is 0 Å². The number of fused-ring (bicyclic) bond motifs is 1. The molecule has 0 amide bonds. The Morgan fingerprint density at radius 2 is 2.00 bits per heavy atom. The molecule has 5 heteroatoms. The lowest BCUT2D eigenvalue weighted by molar-refractivity contribution is 0.814. The van der Waals surface area contributed by atoms with Gasteiger partial charge in [0.1, 0.15) is 10.7 Å². The molecule has 3 aromatic rings. The largest absolute Gasteiger partial charge is 0.397 e. The summed E-state index contributed by atoms with van der Waals surface area (Å²) in [5.74, 6) is 0. The summed E-state index contributed by atoms with van der Waals surface area (Å²) in [7, 11) is 0. The monoisotopic (exact) mass is 272 g/mol. The van der Waals surface area contributed by atoms with Crippen molar-refractivity contribution in [2.75, 3.05) is 5.73 Å². The molecule has 96 valence electrons. The van der Waals surface area contributed by atoms with E-state index < -0.39 is 0 Å². The number of aromatic nitrogens is 3. The van der Waals surface area contributed by atoms with Crippen LogP contribution in [0.25, 0.3) is 11.2 Å². The fourth-order valence-corrected chi connectivity index (χ4v) is 2.23. The van der Waals surface area contributed by atoms with Crippen LogP contribution >= 0.6 is 11.6 Å². The van der Waals surface area contributed by atoms with Gasteiger partial charge in [-0.15, -0.1) is 0 Å². The summed E-state index contributed by atoms with van der Waals surface area (Å²) in [4.78, 5) is 8.59. The van der Waals surface area contributed by atoms with Crippen LogP contribution in [-0.4, -0.2) is 14.5 Å². The fourth-order valence-electron chi connectivity index (χ4n) is 2.03. The van der Waals surface area contributed by atoms with E-state index in [9.17, 15) is 0 Å². The fraction of sp³-hybridized carbons (Fsp3) is 0.143. The van der Waals surface area contributed by atoms with Crippen molar-refractivity contribution in [1.29, 1.82) is 0 Å². The quantitative estimate of drug-likeness (QED) is 0.730. The average Bonchev–Trinajstić information content (AvgIpc) is 2.76. The number of hydrogen-bond acceptors (Lipinski definition) is 3. The van der Waals surface area contributed by atoms with Crippen LogP contribution in [0.3, 0.4) is 0 Å². The van der Waals surface area contributed by atoms with Crippen LogP contribution in [0.4, 0.5) is 5.69 Å². The van der Waals surface area contributed by atoms with E-state index in [1.54, 1.807) is 12.4 Å². The molecule has 0 aliphatic carbocycles. The zero-order valence-electron chi connectivity index (χ0n) is 10.5. The van der Waals surface area contributed by atoms with E-state index in [-0.39, 0.29) is 0 Å². The van der Waals surface area contributed by atoms with E-state index in [2.05, 4.69) is 41.2 Å². The van der Waals surface area contributed by atoms with Gasteiger partial charge in [-0.25, -0.2) is 9.97 Å². The second-order valence-electron chi connectivity index (χ2n) is 4.56. The van der Waals surface area contributed by atoms with Crippen molar-refractivity contribution in [3.8, 4) is 0 Å². The molecular weight excluding hydrogens is 260 g/mol. The maximum absolute atomic E-state index is 5.94. The molecule has 1 aromatic carbocycles. The first-order chi connectivity index (χ1) is 9.13. The number of nitrogens with two attached hydrogens (primary N) is 1. The first kappa shape index (κ1) is 12.0. The summed E-state index contributed by atoms with van der Waals surface area (Å²) in [5, 5.41) is 0.385. The topological polar surface area (TPSA) is 56.7 Å². The molecule has 2 N–H and O–H groups in total. The summed E-state index contributed by atoms with van der Waals surface area (Å²) < 4.78 is 1.95. The molecule has 19 heavy (non-hydrogen) atoms. The molecule has 0 fully saturated rings. The number of nitrogens with zero attached hydrogens (tertiary/aromatic N) is 3. The number of rotatable bonds is 2. The van der Waals surface area contributed by atoms with Crippen molar-refractivity contribution < 1.29 is 0 Å². The van der Waals surface area contributed by atoms with Gasteiger partial charge in [-0.2, -0.15) is 0 Å². The van der Waals surface area contributed by atoms with Crippen LogP contribution in [0.1, 0.15) is 11.1 Å². The van der Waals surface area contributed by atoms with Crippen LogP contribution in [0.5, 0.6) is 0 Å². The molecule has 0 aliphatic heterocycles. The first-order valence-corrected chi connectivity index (χ1v) is 6.33. The zero-order chi connectivity index (χ0) is 13.4. The van der Waals surface area contributed by atoms with Gasteiger partial charge in [-0.05, 0) is 12.5 Å². The van der Waals surface area contributed by atoms with Gasteiger partial charge in [0.05, 0.1) is 18.6 Å². The smallest absolute Gasteiger partial charge is 0.163 e. The Morgan fingerprint density at radius 3 is 2.74 bits per heavy atom. The molecule has 0 atom stereocenters.